The van der Waals surface area contributed by atoms with E-state index in [1.54, 1.807) is 19.2 Å². The normalized spacial score (nSPS) is 15.1. The molecule has 1 aliphatic rings. The third kappa shape index (κ3) is 4.01. The van der Waals surface area contributed by atoms with Crippen LogP contribution >= 0.6 is 11.6 Å². The van der Waals surface area contributed by atoms with E-state index in [0.29, 0.717) is 12.1 Å². The van der Waals surface area contributed by atoms with Crippen molar-refractivity contribution in [1.82, 2.24) is 4.57 Å². The molecule has 29 heavy (non-hydrogen) atoms. The third-order valence-electron chi connectivity index (χ3n) is 5.55. The van der Waals surface area contributed by atoms with Crippen molar-refractivity contribution >= 4 is 17.4 Å². The summed E-state index contributed by atoms with van der Waals surface area (Å²) < 4.78 is 15.4. The summed E-state index contributed by atoms with van der Waals surface area (Å²) in [7, 11) is 1.61. The van der Waals surface area contributed by atoms with E-state index in [2.05, 4.69) is 11.5 Å². The molecule has 0 spiro atoms. The van der Waals surface area contributed by atoms with Crippen LogP contribution in [0.4, 0.5) is 0 Å². The van der Waals surface area contributed by atoms with Gasteiger partial charge in [0, 0.05) is 30.9 Å². The number of methoxy groups -OCH3 is 1. The number of carbonyl (C=O) groups excluding carboxylic acids is 1. The van der Waals surface area contributed by atoms with Gasteiger partial charge in [-0.05, 0) is 48.0 Å². The number of hydrogen-bond donors (Lipinski definition) is 0. The monoisotopic (exact) mass is 411 g/mol. The van der Waals surface area contributed by atoms with Gasteiger partial charge in [0.2, 0.25) is 12.1 Å². The van der Waals surface area contributed by atoms with Gasteiger partial charge in [-0.2, -0.15) is 0 Å². The fraction of sp³-hybridized carbons (Fsp3) is 0.304. The van der Waals surface area contributed by atoms with Crippen molar-refractivity contribution in [3.05, 3.63) is 76.3 Å². The van der Waals surface area contributed by atoms with E-state index in [9.17, 15) is 4.79 Å². The van der Waals surface area contributed by atoms with Gasteiger partial charge >= 0.3 is 0 Å². The van der Waals surface area contributed by atoms with E-state index in [0.717, 1.165) is 46.4 Å². The zero-order chi connectivity index (χ0) is 20.5. The second kappa shape index (κ2) is 7.91. The Morgan fingerprint density at radius 3 is 2.72 bits per heavy atom. The molecular formula is C23H24ClN2O3+. The van der Waals surface area contributed by atoms with Crippen LogP contribution in [0.1, 0.15) is 27.3 Å². The molecule has 0 aliphatic carbocycles. The second-order valence-electron chi connectivity index (χ2n) is 7.41. The molecule has 0 bridgehead atoms. The van der Waals surface area contributed by atoms with Crippen molar-refractivity contribution in [3.63, 3.8) is 0 Å². The fourth-order valence-electron chi connectivity index (χ4n) is 3.73. The standard InChI is InChI=1S/C23H24ClN2O3/c1-15-16(2)26(13-22(27)17-4-7-20(28-3)8-5-17)14-25(15)12-21-11-18-10-19(24)6-9-23(18)29-21/h4-10,14,21H,11-13H2,1-3H3/q+1. The SMILES string of the molecule is COc1ccc(C(=O)C[n+]2cn(CC3Cc4cc(Cl)ccc4O3)c(C)c2C)cc1. The Kier molecular flexibility index (Phi) is 5.33. The lowest BCUT2D eigenvalue weighted by molar-refractivity contribution is -0.688. The summed E-state index contributed by atoms with van der Waals surface area (Å²) in [6.07, 6.45) is 2.89. The minimum atomic E-state index is 0.0553. The number of fused-ring (bicyclic) bond motifs is 1. The summed E-state index contributed by atoms with van der Waals surface area (Å²) in [4.78, 5) is 12.7. The van der Waals surface area contributed by atoms with Crippen molar-refractivity contribution < 1.29 is 18.8 Å². The van der Waals surface area contributed by atoms with Gasteiger partial charge in [-0.3, -0.25) is 4.79 Å². The molecule has 0 N–H and O–H groups in total. The highest BCUT2D eigenvalue weighted by molar-refractivity contribution is 6.30. The average Bonchev–Trinajstić information content (AvgIpc) is 3.23. The van der Waals surface area contributed by atoms with Crippen molar-refractivity contribution in [2.75, 3.05) is 7.11 Å². The van der Waals surface area contributed by atoms with Gasteiger partial charge < -0.3 is 9.47 Å². The topological polar surface area (TPSA) is 44.3 Å². The summed E-state index contributed by atoms with van der Waals surface area (Å²) in [6.45, 7) is 5.13. The predicted molar refractivity (Wildman–Crippen MR) is 111 cm³/mol. The Balaban J connectivity index is 1.47. The summed E-state index contributed by atoms with van der Waals surface area (Å²) in [5, 5.41) is 0.732. The largest absolute Gasteiger partial charge is 0.497 e. The highest BCUT2D eigenvalue weighted by Gasteiger charge is 2.28. The van der Waals surface area contributed by atoms with E-state index in [1.807, 2.05) is 48.1 Å². The van der Waals surface area contributed by atoms with E-state index in [1.165, 1.54) is 0 Å². The summed E-state index contributed by atoms with van der Waals surface area (Å²) >= 11 is 6.09. The lowest BCUT2D eigenvalue weighted by Crippen LogP contribution is -2.39. The molecule has 5 nitrogen and oxygen atoms in total. The third-order valence-corrected chi connectivity index (χ3v) is 5.79. The van der Waals surface area contributed by atoms with E-state index < -0.39 is 0 Å². The highest BCUT2D eigenvalue weighted by Crippen LogP contribution is 2.31. The number of benzene rings is 2. The number of Topliss-reactive ketones (excluding diaryl/α,β-unsaturated/α-hetero) is 1. The number of ether oxygens (including phenoxy) is 2. The van der Waals surface area contributed by atoms with Gasteiger partial charge in [-0.15, -0.1) is 0 Å². The van der Waals surface area contributed by atoms with Gasteiger partial charge in [0.1, 0.15) is 35.5 Å². The Morgan fingerprint density at radius 2 is 2.00 bits per heavy atom. The minimum Gasteiger partial charge on any atom is -0.497 e. The molecule has 0 fully saturated rings. The predicted octanol–water partition coefficient (Wildman–Crippen LogP) is 3.94. The van der Waals surface area contributed by atoms with Crippen LogP contribution in [0.15, 0.2) is 48.8 Å². The average molecular weight is 412 g/mol. The van der Waals surface area contributed by atoms with Gasteiger partial charge in [0.15, 0.2) is 6.54 Å². The molecule has 2 aromatic carbocycles. The number of nitrogens with zero attached hydrogens (tertiary/aromatic N) is 2. The zero-order valence-electron chi connectivity index (χ0n) is 16.8. The molecule has 150 valence electrons. The maximum atomic E-state index is 12.7. The molecule has 1 unspecified atom stereocenters. The van der Waals surface area contributed by atoms with Crippen LogP contribution in [-0.2, 0) is 19.5 Å². The van der Waals surface area contributed by atoms with Crippen molar-refractivity contribution in [3.8, 4) is 11.5 Å². The smallest absolute Gasteiger partial charge is 0.244 e. The number of imidazole rings is 1. The Hall–Kier alpha value is -2.79. The number of ketones is 1. The highest BCUT2D eigenvalue weighted by atomic mass is 35.5. The molecule has 0 saturated heterocycles. The molecule has 6 heteroatoms. The number of hydrogen-bond acceptors (Lipinski definition) is 3. The summed E-state index contributed by atoms with van der Waals surface area (Å²) in [5.41, 5.74) is 4.02. The molecule has 4 rings (SSSR count). The lowest BCUT2D eigenvalue weighted by atomic mass is 10.1. The van der Waals surface area contributed by atoms with Gasteiger partial charge in [0.05, 0.1) is 7.11 Å². The first kappa shape index (κ1) is 19.5. The van der Waals surface area contributed by atoms with Crippen LogP contribution in [0.25, 0.3) is 0 Å². The Morgan fingerprint density at radius 1 is 1.24 bits per heavy atom. The Bertz CT molecular complexity index is 1060. The van der Waals surface area contributed by atoms with Crippen LogP contribution in [-0.4, -0.2) is 23.6 Å². The van der Waals surface area contributed by atoms with Crippen LogP contribution < -0.4 is 14.0 Å². The number of aromatic nitrogens is 2. The quantitative estimate of drug-likeness (QED) is 0.456. The van der Waals surface area contributed by atoms with Gasteiger partial charge in [0.25, 0.3) is 0 Å². The zero-order valence-corrected chi connectivity index (χ0v) is 17.6. The first-order valence-electron chi connectivity index (χ1n) is 9.62. The molecule has 0 radical (unpaired) electrons. The molecule has 1 atom stereocenters. The van der Waals surface area contributed by atoms with Crippen LogP contribution in [0.2, 0.25) is 5.02 Å². The van der Waals surface area contributed by atoms with E-state index in [4.69, 9.17) is 21.1 Å². The number of halogens is 1. The van der Waals surface area contributed by atoms with Crippen molar-refractivity contribution in [1.29, 1.82) is 0 Å². The maximum absolute atomic E-state index is 12.7. The molecular weight excluding hydrogens is 388 g/mol. The van der Waals surface area contributed by atoms with Crippen molar-refractivity contribution in [2.45, 2.75) is 39.5 Å². The molecule has 1 aromatic heterocycles. The minimum absolute atomic E-state index is 0.0553. The van der Waals surface area contributed by atoms with Gasteiger partial charge in [-0.1, -0.05) is 11.6 Å². The first-order chi connectivity index (χ1) is 13.9. The number of rotatable bonds is 6. The van der Waals surface area contributed by atoms with E-state index >= 15 is 0 Å². The molecule has 3 aromatic rings. The molecule has 1 aliphatic heterocycles. The van der Waals surface area contributed by atoms with Crippen LogP contribution in [0.3, 0.4) is 0 Å². The van der Waals surface area contributed by atoms with Crippen LogP contribution in [0.5, 0.6) is 11.5 Å². The maximum Gasteiger partial charge on any atom is 0.244 e. The molecule has 2 heterocycles. The summed E-state index contributed by atoms with van der Waals surface area (Å²) in [6, 6.07) is 13.0. The molecule has 0 amide bonds. The molecule has 0 saturated carbocycles. The second-order valence-corrected chi connectivity index (χ2v) is 7.85. The number of carbonyl (C=O) groups is 1. The first-order valence-corrected chi connectivity index (χ1v) is 10.0. The van der Waals surface area contributed by atoms with Gasteiger partial charge in [-0.25, -0.2) is 9.13 Å². The van der Waals surface area contributed by atoms with Crippen LogP contribution in [0, 0.1) is 13.8 Å². The van der Waals surface area contributed by atoms with E-state index in [-0.39, 0.29) is 11.9 Å². The lowest BCUT2D eigenvalue weighted by Gasteiger charge is -2.08. The summed E-state index contributed by atoms with van der Waals surface area (Å²) in [5.74, 6) is 1.71. The Labute approximate surface area is 175 Å². The van der Waals surface area contributed by atoms with Crippen molar-refractivity contribution in [2.24, 2.45) is 0 Å². The fourth-order valence-corrected chi connectivity index (χ4v) is 3.93.